The number of nitrogens with one attached hydrogen (secondary N) is 1. The maximum atomic E-state index is 12.8. The summed E-state index contributed by atoms with van der Waals surface area (Å²) < 4.78 is 44.1. The molecule has 1 aromatic heterocycles. The van der Waals surface area contributed by atoms with E-state index in [-0.39, 0.29) is 4.90 Å². The molecule has 0 bridgehead atoms. The predicted molar refractivity (Wildman–Crippen MR) is 107 cm³/mol. The van der Waals surface area contributed by atoms with Crippen molar-refractivity contribution in [2.75, 3.05) is 26.1 Å². The van der Waals surface area contributed by atoms with Crippen LogP contribution in [0.2, 0.25) is 0 Å². The Morgan fingerprint density at radius 1 is 0.857 bits per heavy atom. The fourth-order valence-corrected chi connectivity index (χ4v) is 3.80. The van der Waals surface area contributed by atoms with Gasteiger partial charge in [-0.15, -0.1) is 0 Å². The van der Waals surface area contributed by atoms with Crippen molar-refractivity contribution in [3.05, 3.63) is 60.8 Å². The van der Waals surface area contributed by atoms with Crippen molar-refractivity contribution in [2.45, 2.75) is 4.90 Å². The monoisotopic (exact) mass is 400 g/mol. The van der Waals surface area contributed by atoms with Gasteiger partial charge < -0.3 is 14.2 Å². The number of hydrogen-bond acceptors (Lipinski definition) is 6. The third kappa shape index (κ3) is 3.86. The van der Waals surface area contributed by atoms with Crippen molar-refractivity contribution in [2.24, 2.45) is 0 Å². The first-order valence-electron chi connectivity index (χ1n) is 8.33. The highest BCUT2D eigenvalue weighted by Crippen LogP contribution is 2.40. The van der Waals surface area contributed by atoms with Gasteiger partial charge >= 0.3 is 0 Å². The van der Waals surface area contributed by atoms with Crippen LogP contribution in [0.5, 0.6) is 17.2 Å². The summed E-state index contributed by atoms with van der Waals surface area (Å²) >= 11 is 0. The Labute approximate surface area is 164 Å². The number of methoxy groups -OCH3 is 3. The molecule has 0 amide bonds. The Balaban J connectivity index is 2.04. The van der Waals surface area contributed by atoms with Crippen LogP contribution in [0.3, 0.4) is 0 Å². The molecule has 0 aliphatic rings. The molecule has 0 radical (unpaired) electrons. The zero-order chi connectivity index (χ0) is 20.1. The maximum Gasteiger partial charge on any atom is 0.261 e. The average Bonchev–Trinajstić information content (AvgIpc) is 2.73. The van der Waals surface area contributed by atoms with Crippen LogP contribution < -0.4 is 18.9 Å². The average molecular weight is 400 g/mol. The molecule has 3 rings (SSSR count). The quantitative estimate of drug-likeness (QED) is 0.652. The van der Waals surface area contributed by atoms with E-state index in [4.69, 9.17) is 14.2 Å². The summed E-state index contributed by atoms with van der Waals surface area (Å²) in [5.41, 5.74) is 1.36. The van der Waals surface area contributed by atoms with Gasteiger partial charge in [0.1, 0.15) is 5.75 Å². The number of hydrogen-bond donors (Lipinski definition) is 1. The molecule has 1 N–H and O–H groups in total. The van der Waals surface area contributed by atoms with Crippen LogP contribution in [0.15, 0.2) is 65.7 Å². The highest BCUT2D eigenvalue weighted by atomic mass is 32.2. The normalized spacial score (nSPS) is 11.0. The number of anilines is 1. The number of nitrogens with zero attached hydrogens (tertiary/aromatic N) is 1. The number of ether oxygens (including phenoxy) is 3. The van der Waals surface area contributed by atoms with Crippen molar-refractivity contribution in [3.63, 3.8) is 0 Å². The van der Waals surface area contributed by atoms with E-state index in [0.717, 1.165) is 0 Å². The summed E-state index contributed by atoms with van der Waals surface area (Å²) in [6.07, 6.45) is 1.58. The molecule has 7 nitrogen and oxygen atoms in total. The van der Waals surface area contributed by atoms with Gasteiger partial charge in [-0.25, -0.2) is 8.42 Å². The lowest BCUT2D eigenvalue weighted by Crippen LogP contribution is -2.14. The second kappa shape index (κ2) is 8.18. The topological polar surface area (TPSA) is 86.8 Å². The molecule has 0 spiro atoms. The van der Waals surface area contributed by atoms with Crippen molar-refractivity contribution < 1.29 is 22.6 Å². The molecule has 0 saturated heterocycles. The summed E-state index contributed by atoms with van der Waals surface area (Å²) in [4.78, 5) is 4.47. The smallest absolute Gasteiger partial charge is 0.261 e. The lowest BCUT2D eigenvalue weighted by molar-refractivity contribution is 0.356. The summed E-state index contributed by atoms with van der Waals surface area (Å²) in [5.74, 6) is 1.56. The highest BCUT2D eigenvalue weighted by molar-refractivity contribution is 7.92. The Morgan fingerprint density at radius 3 is 2.25 bits per heavy atom. The minimum absolute atomic E-state index is 0.112. The van der Waals surface area contributed by atoms with Crippen LogP contribution in [0.1, 0.15) is 0 Å². The zero-order valence-corrected chi connectivity index (χ0v) is 16.5. The number of sulfonamides is 1. The fraction of sp³-hybridized carbons (Fsp3) is 0.150. The van der Waals surface area contributed by atoms with Crippen LogP contribution in [0, 0.1) is 0 Å². The molecule has 2 aromatic carbocycles. The van der Waals surface area contributed by atoms with Gasteiger partial charge in [-0.1, -0.05) is 6.07 Å². The SMILES string of the molecule is COc1ccc(S(=O)(=O)Nc2cccnc2-c2cccc(OC)c2OC)cc1. The minimum atomic E-state index is -3.82. The summed E-state index contributed by atoms with van der Waals surface area (Å²) in [6.45, 7) is 0. The Morgan fingerprint density at radius 2 is 1.61 bits per heavy atom. The van der Waals surface area contributed by atoms with Gasteiger partial charge in [0.2, 0.25) is 0 Å². The van der Waals surface area contributed by atoms with Crippen molar-refractivity contribution in [1.82, 2.24) is 4.98 Å². The van der Waals surface area contributed by atoms with Gasteiger partial charge in [0.25, 0.3) is 10.0 Å². The van der Waals surface area contributed by atoms with Gasteiger partial charge in [0.05, 0.1) is 37.6 Å². The first kappa shape index (κ1) is 19.5. The van der Waals surface area contributed by atoms with E-state index < -0.39 is 10.0 Å². The second-order valence-corrected chi connectivity index (χ2v) is 7.40. The molecule has 0 saturated carbocycles. The third-order valence-corrected chi connectivity index (χ3v) is 5.46. The van der Waals surface area contributed by atoms with Crippen molar-refractivity contribution in [1.29, 1.82) is 0 Å². The van der Waals surface area contributed by atoms with Crippen LogP contribution in [0.4, 0.5) is 5.69 Å². The number of rotatable bonds is 7. The van der Waals surface area contributed by atoms with E-state index in [1.165, 1.54) is 33.5 Å². The van der Waals surface area contributed by atoms with Gasteiger partial charge in [-0.3, -0.25) is 9.71 Å². The van der Waals surface area contributed by atoms with E-state index in [0.29, 0.717) is 34.2 Å². The molecule has 3 aromatic rings. The fourth-order valence-electron chi connectivity index (χ4n) is 2.73. The summed E-state index contributed by atoms with van der Waals surface area (Å²) in [7, 11) is 0.752. The third-order valence-electron chi connectivity index (χ3n) is 4.08. The van der Waals surface area contributed by atoms with Gasteiger partial charge in [-0.05, 0) is 48.5 Å². The summed E-state index contributed by atoms with van der Waals surface area (Å²) in [6, 6.07) is 14.7. The molecule has 0 aliphatic heterocycles. The molecular weight excluding hydrogens is 380 g/mol. The van der Waals surface area contributed by atoms with Crippen LogP contribution in [-0.4, -0.2) is 34.7 Å². The Hall–Kier alpha value is -3.26. The van der Waals surface area contributed by atoms with Crippen LogP contribution in [0.25, 0.3) is 11.3 Å². The van der Waals surface area contributed by atoms with E-state index in [9.17, 15) is 8.42 Å². The van der Waals surface area contributed by atoms with E-state index in [1.54, 1.807) is 48.7 Å². The molecule has 146 valence electrons. The molecule has 0 atom stereocenters. The summed E-state index contributed by atoms with van der Waals surface area (Å²) in [5, 5.41) is 0. The highest BCUT2D eigenvalue weighted by Gasteiger charge is 2.20. The number of pyridine rings is 1. The first-order chi connectivity index (χ1) is 13.5. The first-order valence-corrected chi connectivity index (χ1v) is 9.81. The van der Waals surface area contributed by atoms with Gasteiger partial charge in [-0.2, -0.15) is 0 Å². The maximum absolute atomic E-state index is 12.8. The molecule has 8 heteroatoms. The second-order valence-electron chi connectivity index (χ2n) is 5.72. The molecule has 0 unspecified atom stereocenters. The number of benzene rings is 2. The van der Waals surface area contributed by atoms with Gasteiger partial charge in [0, 0.05) is 11.8 Å². The largest absolute Gasteiger partial charge is 0.497 e. The predicted octanol–water partition coefficient (Wildman–Crippen LogP) is 3.58. The van der Waals surface area contributed by atoms with Crippen molar-refractivity contribution in [3.8, 4) is 28.5 Å². The molecule has 1 heterocycles. The molecular formula is C20H20N2O5S. The molecule has 0 aliphatic carbocycles. The lowest BCUT2D eigenvalue weighted by Gasteiger charge is -2.16. The van der Waals surface area contributed by atoms with Gasteiger partial charge in [0.15, 0.2) is 11.5 Å². The molecule has 0 fully saturated rings. The number of aromatic nitrogens is 1. The van der Waals surface area contributed by atoms with Crippen LogP contribution >= 0.6 is 0 Å². The lowest BCUT2D eigenvalue weighted by atomic mass is 10.1. The van der Waals surface area contributed by atoms with E-state index >= 15 is 0 Å². The van der Waals surface area contributed by atoms with E-state index in [1.807, 2.05) is 0 Å². The van der Waals surface area contributed by atoms with E-state index in [2.05, 4.69) is 9.71 Å². The molecule has 28 heavy (non-hydrogen) atoms. The Bertz CT molecular complexity index is 1070. The zero-order valence-electron chi connectivity index (χ0n) is 15.7. The minimum Gasteiger partial charge on any atom is -0.497 e. The van der Waals surface area contributed by atoms with Crippen LogP contribution in [-0.2, 0) is 10.0 Å². The number of para-hydroxylation sites is 1. The Kier molecular flexibility index (Phi) is 5.70. The van der Waals surface area contributed by atoms with Crippen molar-refractivity contribution >= 4 is 15.7 Å². The standard InChI is InChI=1S/C20H20N2O5S/c1-25-14-9-11-15(12-10-14)28(23,24)22-17-7-5-13-21-19(17)16-6-4-8-18(26-2)20(16)27-3/h4-13,22H,1-3H3.